The Labute approximate surface area is 209 Å². The van der Waals surface area contributed by atoms with Gasteiger partial charge in [-0.05, 0) is 55.5 Å². The van der Waals surface area contributed by atoms with Crippen molar-refractivity contribution in [2.24, 2.45) is 5.73 Å². The summed E-state index contributed by atoms with van der Waals surface area (Å²) in [5, 5.41) is 17.1. The molecule has 4 atom stereocenters. The van der Waals surface area contributed by atoms with Gasteiger partial charge in [-0.15, -0.1) is 0 Å². The van der Waals surface area contributed by atoms with Crippen LogP contribution in [0.1, 0.15) is 32.6 Å². The topological polar surface area (TPSA) is 145 Å². The summed E-state index contributed by atoms with van der Waals surface area (Å²) in [6.07, 6.45) is 2.29. The van der Waals surface area contributed by atoms with E-state index in [0.29, 0.717) is 44.5 Å². The number of rotatable bonds is 7. The lowest BCUT2D eigenvalue weighted by molar-refractivity contribution is -0.147. The molecule has 0 unspecified atom stereocenters. The Morgan fingerprint density at radius 2 is 1.67 bits per heavy atom. The summed E-state index contributed by atoms with van der Waals surface area (Å²) < 4.78 is 0. The van der Waals surface area contributed by atoms with E-state index in [-0.39, 0.29) is 11.8 Å². The Morgan fingerprint density at radius 3 is 2.36 bits per heavy atom. The van der Waals surface area contributed by atoms with Gasteiger partial charge in [0.15, 0.2) is 0 Å². The number of carbonyl (C=O) groups is 4. The van der Waals surface area contributed by atoms with E-state index < -0.39 is 42.6 Å². The van der Waals surface area contributed by atoms with Crippen molar-refractivity contribution in [2.75, 3.05) is 25.0 Å². The average molecular weight is 496 g/mol. The van der Waals surface area contributed by atoms with Crippen LogP contribution >= 0.6 is 0 Å². The summed E-state index contributed by atoms with van der Waals surface area (Å²) in [6, 6.07) is 9.87. The zero-order chi connectivity index (χ0) is 25.8. The lowest BCUT2D eigenvalue weighted by atomic mass is 10.1. The number of hydrogen-bond donors (Lipinski definition) is 4. The lowest BCUT2D eigenvalue weighted by Crippen LogP contribution is -2.56. The molecule has 2 fully saturated rings. The van der Waals surface area contributed by atoms with E-state index in [1.807, 2.05) is 36.4 Å². The summed E-state index contributed by atoms with van der Waals surface area (Å²) >= 11 is 0. The second-order valence-electron chi connectivity index (χ2n) is 9.46. The summed E-state index contributed by atoms with van der Waals surface area (Å²) in [6.45, 7) is 1.85. The van der Waals surface area contributed by atoms with Crippen LogP contribution in [-0.2, 0) is 19.2 Å². The van der Waals surface area contributed by atoms with Gasteiger partial charge in [-0.3, -0.25) is 19.2 Å². The van der Waals surface area contributed by atoms with E-state index in [2.05, 4.69) is 10.6 Å². The van der Waals surface area contributed by atoms with Crippen molar-refractivity contribution in [1.82, 2.24) is 15.1 Å². The van der Waals surface area contributed by atoms with E-state index in [0.717, 1.165) is 10.8 Å². The van der Waals surface area contributed by atoms with Crippen LogP contribution < -0.4 is 16.4 Å². The predicted molar refractivity (Wildman–Crippen MR) is 135 cm³/mol. The van der Waals surface area contributed by atoms with E-state index in [1.165, 1.54) is 9.80 Å². The molecule has 192 valence electrons. The zero-order valence-electron chi connectivity index (χ0n) is 20.4. The third-order valence-corrected chi connectivity index (χ3v) is 6.88. The van der Waals surface area contributed by atoms with Crippen molar-refractivity contribution in [2.45, 2.75) is 56.8 Å². The number of anilines is 1. The van der Waals surface area contributed by atoms with Crippen LogP contribution in [0, 0.1) is 0 Å². The monoisotopic (exact) mass is 495 g/mol. The molecule has 10 heteroatoms. The molecule has 0 spiro atoms. The van der Waals surface area contributed by atoms with Gasteiger partial charge in [-0.1, -0.05) is 30.3 Å². The number of nitrogens with one attached hydrogen (secondary N) is 2. The smallest absolute Gasteiger partial charge is 0.249 e. The van der Waals surface area contributed by atoms with E-state index in [1.54, 1.807) is 13.0 Å². The van der Waals surface area contributed by atoms with Gasteiger partial charge in [0.2, 0.25) is 23.6 Å². The second kappa shape index (κ2) is 11.0. The predicted octanol–water partition coefficient (Wildman–Crippen LogP) is 0.585. The number of carbonyl (C=O) groups excluding carboxylic acids is 4. The van der Waals surface area contributed by atoms with Crippen molar-refractivity contribution in [3.8, 4) is 0 Å². The summed E-state index contributed by atoms with van der Waals surface area (Å²) in [4.78, 5) is 54.7. The van der Waals surface area contributed by atoms with Crippen LogP contribution in [0.2, 0.25) is 0 Å². The number of aliphatic hydroxyl groups excluding tert-OH is 1. The Morgan fingerprint density at radius 1 is 1.00 bits per heavy atom. The molecule has 0 radical (unpaired) electrons. The molecule has 2 aromatic carbocycles. The average Bonchev–Trinajstić information content (AvgIpc) is 3.56. The maximum atomic E-state index is 13.3. The summed E-state index contributed by atoms with van der Waals surface area (Å²) in [7, 11) is 0. The first kappa shape index (κ1) is 25.6. The fourth-order valence-electron chi connectivity index (χ4n) is 5.00. The van der Waals surface area contributed by atoms with Crippen LogP contribution in [0.15, 0.2) is 42.5 Å². The first-order valence-electron chi connectivity index (χ1n) is 12.4. The molecular weight excluding hydrogens is 462 g/mol. The van der Waals surface area contributed by atoms with E-state index in [4.69, 9.17) is 5.73 Å². The largest absolute Gasteiger partial charge is 0.394 e. The van der Waals surface area contributed by atoms with Crippen LogP contribution in [0.3, 0.4) is 0 Å². The number of fused-ring (bicyclic) bond motifs is 1. The molecule has 36 heavy (non-hydrogen) atoms. The van der Waals surface area contributed by atoms with Gasteiger partial charge in [-0.2, -0.15) is 0 Å². The third kappa shape index (κ3) is 5.34. The summed E-state index contributed by atoms with van der Waals surface area (Å²) in [5.74, 6) is -1.62. The molecule has 2 aliphatic heterocycles. The molecule has 0 aliphatic carbocycles. The first-order chi connectivity index (χ1) is 17.3. The molecule has 2 saturated heterocycles. The second-order valence-corrected chi connectivity index (χ2v) is 9.46. The minimum atomic E-state index is -1.18. The molecule has 0 aromatic heterocycles. The highest BCUT2D eigenvalue weighted by atomic mass is 16.3. The highest BCUT2D eigenvalue weighted by Crippen LogP contribution is 2.25. The fourth-order valence-corrected chi connectivity index (χ4v) is 5.00. The number of aliphatic hydroxyl groups is 1. The maximum absolute atomic E-state index is 13.3. The lowest BCUT2D eigenvalue weighted by Gasteiger charge is -2.32. The normalized spacial score (nSPS) is 21.3. The SMILES string of the molecule is C[C@H](N)C(=O)N1CCC[C@H]1C(=O)N1CCC[C@H]1C(=O)N[C@@H](CO)C(=O)Nc1ccc2ccccc2c1. The Bertz CT molecular complexity index is 1150. The molecule has 0 saturated carbocycles. The van der Waals surface area contributed by atoms with Gasteiger partial charge >= 0.3 is 0 Å². The van der Waals surface area contributed by atoms with Gasteiger partial charge in [0.25, 0.3) is 0 Å². The Balaban J connectivity index is 1.40. The minimum Gasteiger partial charge on any atom is -0.394 e. The van der Waals surface area contributed by atoms with Crippen molar-refractivity contribution in [3.63, 3.8) is 0 Å². The van der Waals surface area contributed by atoms with Crippen LogP contribution in [0.4, 0.5) is 5.69 Å². The Hall–Kier alpha value is -3.50. The number of nitrogens with two attached hydrogens (primary N) is 1. The number of hydrogen-bond acceptors (Lipinski definition) is 6. The molecule has 2 heterocycles. The molecule has 10 nitrogen and oxygen atoms in total. The molecule has 4 rings (SSSR count). The number of nitrogens with zero attached hydrogens (tertiary/aromatic N) is 2. The van der Waals surface area contributed by atoms with E-state index >= 15 is 0 Å². The standard InChI is InChI=1S/C26H33N5O5/c1-16(27)25(35)31-13-5-9-22(31)26(36)30-12-4-8-21(30)24(34)29-20(15-32)23(33)28-19-11-10-17-6-2-3-7-18(17)14-19/h2-3,6-7,10-11,14,16,20-22,32H,4-5,8-9,12-13,15,27H2,1H3,(H,28,33)(H,29,34)/t16-,20-,21-,22-/m0/s1. The van der Waals surface area contributed by atoms with Gasteiger partial charge < -0.3 is 31.3 Å². The zero-order valence-corrected chi connectivity index (χ0v) is 20.4. The van der Waals surface area contributed by atoms with Gasteiger partial charge in [-0.25, -0.2) is 0 Å². The van der Waals surface area contributed by atoms with Gasteiger partial charge in [0, 0.05) is 18.8 Å². The quantitative estimate of drug-likeness (QED) is 0.442. The van der Waals surface area contributed by atoms with E-state index in [9.17, 15) is 24.3 Å². The fraction of sp³-hybridized carbons (Fsp3) is 0.462. The molecular formula is C26H33N5O5. The van der Waals surface area contributed by atoms with Crippen LogP contribution in [-0.4, -0.2) is 82.4 Å². The highest BCUT2D eigenvalue weighted by Gasteiger charge is 2.43. The van der Waals surface area contributed by atoms with Crippen molar-refractivity contribution in [3.05, 3.63) is 42.5 Å². The summed E-state index contributed by atoms with van der Waals surface area (Å²) in [5.41, 5.74) is 6.29. The number of amides is 4. The van der Waals surface area contributed by atoms with Crippen molar-refractivity contribution in [1.29, 1.82) is 0 Å². The van der Waals surface area contributed by atoms with Crippen molar-refractivity contribution < 1.29 is 24.3 Å². The number of benzene rings is 2. The van der Waals surface area contributed by atoms with Gasteiger partial charge in [0.05, 0.1) is 12.6 Å². The maximum Gasteiger partial charge on any atom is 0.249 e. The molecule has 2 aliphatic rings. The third-order valence-electron chi connectivity index (χ3n) is 6.88. The molecule has 0 bridgehead atoms. The van der Waals surface area contributed by atoms with Crippen LogP contribution in [0.25, 0.3) is 10.8 Å². The van der Waals surface area contributed by atoms with Crippen molar-refractivity contribution >= 4 is 40.1 Å². The number of likely N-dealkylation sites (tertiary alicyclic amines) is 2. The van der Waals surface area contributed by atoms with Gasteiger partial charge in [0.1, 0.15) is 18.1 Å². The minimum absolute atomic E-state index is 0.277. The first-order valence-corrected chi connectivity index (χ1v) is 12.4. The molecule has 2 aromatic rings. The molecule has 5 N–H and O–H groups in total. The Kier molecular flexibility index (Phi) is 7.85. The highest BCUT2D eigenvalue weighted by molar-refractivity contribution is 6.00. The van der Waals surface area contributed by atoms with Crippen LogP contribution in [0.5, 0.6) is 0 Å². The molecule has 4 amide bonds.